The van der Waals surface area contributed by atoms with Crippen molar-refractivity contribution in [1.82, 2.24) is 10.2 Å². The van der Waals surface area contributed by atoms with Crippen molar-refractivity contribution in [3.8, 4) is 0 Å². The molecule has 0 saturated carbocycles. The second-order valence-corrected chi connectivity index (χ2v) is 5.90. The molecule has 0 aromatic carbocycles. The summed E-state index contributed by atoms with van der Waals surface area (Å²) in [6.07, 6.45) is -0.475. The largest absolute Gasteiger partial charge is 0.389 e. The first kappa shape index (κ1) is 17.6. The summed E-state index contributed by atoms with van der Waals surface area (Å²) in [4.78, 5) is 3.27. The molecule has 0 fully saturated rings. The van der Waals surface area contributed by atoms with Gasteiger partial charge in [0, 0.05) is 24.5 Å². The van der Waals surface area contributed by atoms with Gasteiger partial charge in [-0.3, -0.25) is 0 Å². The van der Waals surface area contributed by atoms with E-state index in [9.17, 15) is 5.11 Å². The zero-order valence-electron chi connectivity index (χ0n) is 12.4. The third-order valence-electron chi connectivity index (χ3n) is 2.62. The molecular formula is C14H26N2O3S. The molecule has 1 atom stereocenters. The number of aliphatic hydroxyl groups is 1. The van der Waals surface area contributed by atoms with Gasteiger partial charge in [0.15, 0.2) is 0 Å². The number of nitrogens with zero attached hydrogens (tertiary/aromatic N) is 1. The fraction of sp³-hybridized carbons (Fsp3) is 0.714. The molecule has 0 radical (unpaired) electrons. The maximum atomic E-state index is 9.72. The second-order valence-electron chi connectivity index (χ2n) is 4.87. The van der Waals surface area contributed by atoms with Crippen LogP contribution in [0.1, 0.15) is 4.88 Å². The molecule has 5 nitrogen and oxygen atoms in total. The Labute approximate surface area is 125 Å². The number of rotatable bonds is 12. The molecule has 1 rings (SSSR count). The van der Waals surface area contributed by atoms with Crippen molar-refractivity contribution in [2.24, 2.45) is 0 Å². The smallest absolute Gasteiger partial charge is 0.0897 e. The van der Waals surface area contributed by atoms with Crippen LogP contribution in [0.25, 0.3) is 0 Å². The fourth-order valence-corrected chi connectivity index (χ4v) is 2.15. The zero-order valence-corrected chi connectivity index (χ0v) is 13.2. The van der Waals surface area contributed by atoms with Gasteiger partial charge in [-0.15, -0.1) is 11.3 Å². The summed E-state index contributed by atoms with van der Waals surface area (Å²) in [6.45, 7) is 4.53. The van der Waals surface area contributed by atoms with E-state index in [0.29, 0.717) is 26.4 Å². The first-order chi connectivity index (χ1) is 9.68. The molecule has 1 unspecified atom stereocenters. The normalized spacial score (nSPS) is 13.0. The predicted molar refractivity (Wildman–Crippen MR) is 82.2 cm³/mol. The third kappa shape index (κ3) is 9.41. The molecule has 1 aromatic rings. The van der Waals surface area contributed by atoms with E-state index in [0.717, 1.165) is 19.7 Å². The average Bonchev–Trinajstić information content (AvgIpc) is 2.90. The van der Waals surface area contributed by atoms with E-state index in [-0.39, 0.29) is 0 Å². The predicted octanol–water partition coefficient (Wildman–Crippen LogP) is 0.793. The van der Waals surface area contributed by atoms with Crippen molar-refractivity contribution in [3.05, 3.63) is 22.4 Å². The standard InChI is InChI=1S/C14H26N2O3S/c1-16(2)6-8-18-7-5-15-10-13(17)11-19-12-14-4-3-9-20-14/h3-4,9,13,15,17H,5-8,10-12H2,1-2H3. The van der Waals surface area contributed by atoms with Crippen LogP contribution in [-0.2, 0) is 16.1 Å². The number of hydrogen-bond acceptors (Lipinski definition) is 6. The minimum absolute atomic E-state index is 0.354. The second kappa shape index (κ2) is 11.2. The number of aliphatic hydroxyl groups excluding tert-OH is 1. The summed E-state index contributed by atoms with van der Waals surface area (Å²) in [7, 11) is 4.04. The molecule has 0 spiro atoms. The number of likely N-dealkylation sites (N-methyl/N-ethyl adjacent to an activating group) is 1. The molecule has 0 aliphatic heterocycles. The Bertz CT molecular complexity index is 320. The number of thiophene rings is 1. The molecular weight excluding hydrogens is 276 g/mol. The minimum atomic E-state index is -0.475. The van der Waals surface area contributed by atoms with Crippen molar-refractivity contribution in [2.75, 3.05) is 53.6 Å². The molecule has 0 amide bonds. The Hall–Kier alpha value is -0.500. The fourth-order valence-electron chi connectivity index (χ4n) is 1.51. The lowest BCUT2D eigenvalue weighted by Gasteiger charge is -2.13. The summed E-state index contributed by atoms with van der Waals surface area (Å²) >= 11 is 1.66. The molecule has 116 valence electrons. The summed E-state index contributed by atoms with van der Waals surface area (Å²) in [6, 6.07) is 4.03. The van der Waals surface area contributed by atoms with E-state index in [1.165, 1.54) is 4.88 Å². The lowest BCUT2D eigenvalue weighted by Crippen LogP contribution is -2.32. The molecule has 1 aromatic heterocycles. The maximum absolute atomic E-state index is 9.72. The summed E-state index contributed by atoms with van der Waals surface area (Å²) in [5.41, 5.74) is 0. The van der Waals surface area contributed by atoms with Gasteiger partial charge in [-0.2, -0.15) is 0 Å². The monoisotopic (exact) mass is 302 g/mol. The van der Waals surface area contributed by atoms with Gasteiger partial charge in [0.25, 0.3) is 0 Å². The van der Waals surface area contributed by atoms with E-state index in [2.05, 4.69) is 10.2 Å². The van der Waals surface area contributed by atoms with Crippen LogP contribution in [-0.4, -0.2) is 69.7 Å². The van der Waals surface area contributed by atoms with Gasteiger partial charge in [-0.05, 0) is 25.5 Å². The van der Waals surface area contributed by atoms with Crippen molar-refractivity contribution in [2.45, 2.75) is 12.7 Å². The van der Waals surface area contributed by atoms with Crippen LogP contribution in [0.5, 0.6) is 0 Å². The van der Waals surface area contributed by atoms with Crippen LogP contribution in [0.2, 0.25) is 0 Å². The lowest BCUT2D eigenvalue weighted by atomic mass is 10.4. The molecule has 20 heavy (non-hydrogen) atoms. The SMILES string of the molecule is CN(C)CCOCCNCC(O)COCc1cccs1. The zero-order chi connectivity index (χ0) is 14.6. The number of ether oxygens (including phenoxy) is 2. The van der Waals surface area contributed by atoms with Gasteiger partial charge in [-0.1, -0.05) is 6.07 Å². The first-order valence-corrected chi connectivity index (χ1v) is 7.78. The van der Waals surface area contributed by atoms with Crippen molar-refractivity contribution in [1.29, 1.82) is 0 Å². The Morgan fingerprint density at radius 1 is 1.35 bits per heavy atom. The topological polar surface area (TPSA) is 54.0 Å². The van der Waals surface area contributed by atoms with Crippen molar-refractivity contribution < 1.29 is 14.6 Å². The molecule has 0 bridgehead atoms. The van der Waals surface area contributed by atoms with Crippen molar-refractivity contribution in [3.63, 3.8) is 0 Å². The highest BCUT2D eigenvalue weighted by Crippen LogP contribution is 2.09. The molecule has 0 aliphatic carbocycles. The van der Waals surface area contributed by atoms with Crippen LogP contribution in [0, 0.1) is 0 Å². The molecule has 0 saturated heterocycles. The number of hydrogen-bond donors (Lipinski definition) is 2. The molecule has 6 heteroatoms. The Balaban J connectivity index is 1.86. The van der Waals surface area contributed by atoms with Gasteiger partial charge >= 0.3 is 0 Å². The van der Waals surface area contributed by atoms with Gasteiger partial charge < -0.3 is 24.8 Å². The van der Waals surface area contributed by atoms with E-state index >= 15 is 0 Å². The summed E-state index contributed by atoms with van der Waals surface area (Å²) in [5.74, 6) is 0. The molecule has 0 aliphatic rings. The Morgan fingerprint density at radius 3 is 2.90 bits per heavy atom. The van der Waals surface area contributed by atoms with Gasteiger partial charge in [0.05, 0.1) is 32.5 Å². The van der Waals surface area contributed by atoms with Gasteiger partial charge in [0.2, 0.25) is 0 Å². The number of nitrogens with one attached hydrogen (secondary N) is 1. The Kier molecular flexibility index (Phi) is 9.82. The van der Waals surface area contributed by atoms with Crippen LogP contribution < -0.4 is 5.32 Å². The van der Waals surface area contributed by atoms with Crippen LogP contribution in [0.4, 0.5) is 0 Å². The highest BCUT2D eigenvalue weighted by molar-refractivity contribution is 7.09. The minimum Gasteiger partial charge on any atom is -0.389 e. The van der Waals surface area contributed by atoms with Crippen LogP contribution >= 0.6 is 11.3 Å². The summed E-state index contributed by atoms with van der Waals surface area (Å²) < 4.78 is 10.9. The van der Waals surface area contributed by atoms with Gasteiger partial charge in [-0.25, -0.2) is 0 Å². The van der Waals surface area contributed by atoms with E-state index in [4.69, 9.17) is 9.47 Å². The Morgan fingerprint density at radius 2 is 2.20 bits per heavy atom. The van der Waals surface area contributed by atoms with Crippen molar-refractivity contribution >= 4 is 11.3 Å². The first-order valence-electron chi connectivity index (χ1n) is 6.90. The highest BCUT2D eigenvalue weighted by atomic mass is 32.1. The average molecular weight is 302 g/mol. The van der Waals surface area contributed by atoms with E-state index < -0.39 is 6.10 Å². The van der Waals surface area contributed by atoms with Crippen LogP contribution in [0.3, 0.4) is 0 Å². The molecule has 1 heterocycles. The highest BCUT2D eigenvalue weighted by Gasteiger charge is 2.04. The van der Waals surface area contributed by atoms with Gasteiger partial charge in [0.1, 0.15) is 0 Å². The third-order valence-corrected chi connectivity index (χ3v) is 3.47. The maximum Gasteiger partial charge on any atom is 0.0897 e. The quantitative estimate of drug-likeness (QED) is 0.559. The van der Waals surface area contributed by atoms with Crippen LogP contribution in [0.15, 0.2) is 17.5 Å². The summed E-state index contributed by atoms with van der Waals surface area (Å²) in [5, 5.41) is 14.9. The lowest BCUT2D eigenvalue weighted by molar-refractivity contribution is 0.0286. The van der Waals surface area contributed by atoms with E-state index in [1.807, 2.05) is 31.6 Å². The molecule has 2 N–H and O–H groups in total. The van der Waals surface area contributed by atoms with E-state index in [1.54, 1.807) is 11.3 Å².